The summed E-state index contributed by atoms with van der Waals surface area (Å²) in [7, 11) is 1.88. The minimum atomic E-state index is -0.216. The van der Waals surface area contributed by atoms with Crippen LogP contribution in [-0.4, -0.2) is 29.9 Å². The second kappa shape index (κ2) is 7.48. The van der Waals surface area contributed by atoms with Gasteiger partial charge in [0.05, 0.1) is 29.3 Å². The zero-order chi connectivity index (χ0) is 21.5. The van der Waals surface area contributed by atoms with Crippen molar-refractivity contribution < 1.29 is 4.39 Å². The second-order valence-electron chi connectivity index (χ2n) is 7.23. The highest BCUT2D eigenvalue weighted by Gasteiger charge is 2.17. The third-order valence-corrected chi connectivity index (χ3v) is 6.04. The highest BCUT2D eigenvalue weighted by atomic mass is 32.1. The topological polar surface area (TPSA) is 75.2 Å². The lowest BCUT2D eigenvalue weighted by molar-refractivity contribution is 0.657. The predicted octanol–water partition coefficient (Wildman–Crippen LogP) is 5.48. The van der Waals surface area contributed by atoms with Crippen molar-refractivity contribution in [2.75, 3.05) is 0 Å². The van der Waals surface area contributed by atoms with E-state index in [1.165, 1.54) is 6.07 Å². The SMILES string of the molecule is C=C/C=C(/c1ccc(F)s1)c1cc(-c2n[nH]c3cnc(-c4cnn(C)c4)cc23)[nH]c1C. The predicted molar refractivity (Wildman–Crippen MR) is 122 cm³/mol. The Morgan fingerprint density at radius 3 is 2.84 bits per heavy atom. The second-order valence-corrected chi connectivity index (χ2v) is 8.27. The van der Waals surface area contributed by atoms with Gasteiger partial charge in [-0.25, -0.2) is 0 Å². The molecule has 8 heteroatoms. The van der Waals surface area contributed by atoms with Crippen LogP contribution in [0.2, 0.25) is 0 Å². The molecule has 0 aromatic carbocycles. The van der Waals surface area contributed by atoms with Crippen LogP contribution in [0.4, 0.5) is 4.39 Å². The van der Waals surface area contributed by atoms with Crippen LogP contribution in [0.5, 0.6) is 0 Å². The van der Waals surface area contributed by atoms with Gasteiger partial charge in [0.25, 0.3) is 0 Å². The maximum absolute atomic E-state index is 13.7. The molecule has 0 fully saturated rings. The molecule has 5 rings (SSSR count). The zero-order valence-corrected chi connectivity index (χ0v) is 17.8. The highest BCUT2D eigenvalue weighted by molar-refractivity contribution is 7.11. The lowest BCUT2D eigenvalue weighted by Crippen LogP contribution is -1.85. The van der Waals surface area contributed by atoms with Crippen LogP contribution in [0.15, 0.2) is 61.6 Å². The number of rotatable bonds is 5. The van der Waals surface area contributed by atoms with Crippen LogP contribution < -0.4 is 0 Å². The van der Waals surface area contributed by atoms with E-state index < -0.39 is 0 Å². The number of aryl methyl sites for hydroxylation is 2. The van der Waals surface area contributed by atoms with Crippen LogP contribution in [0.3, 0.4) is 0 Å². The first-order chi connectivity index (χ1) is 15.0. The number of nitrogens with zero attached hydrogens (tertiary/aromatic N) is 4. The Morgan fingerprint density at radius 2 is 2.13 bits per heavy atom. The van der Waals surface area contributed by atoms with Gasteiger partial charge in [0, 0.05) is 45.9 Å². The van der Waals surface area contributed by atoms with Gasteiger partial charge in [0.1, 0.15) is 5.69 Å². The van der Waals surface area contributed by atoms with Crippen LogP contribution in [0, 0.1) is 12.1 Å². The molecular weight excluding hydrogens is 411 g/mol. The molecular formula is C23H19FN6S. The summed E-state index contributed by atoms with van der Waals surface area (Å²) >= 11 is 1.12. The first-order valence-electron chi connectivity index (χ1n) is 9.65. The Kier molecular flexibility index (Phi) is 4.63. The van der Waals surface area contributed by atoms with Gasteiger partial charge in [0.15, 0.2) is 5.13 Å². The maximum Gasteiger partial charge on any atom is 0.176 e. The molecule has 31 heavy (non-hydrogen) atoms. The summed E-state index contributed by atoms with van der Waals surface area (Å²) in [6, 6.07) is 7.32. The fourth-order valence-corrected chi connectivity index (χ4v) is 4.45. The van der Waals surface area contributed by atoms with Crippen LogP contribution in [0.1, 0.15) is 16.1 Å². The fraction of sp³-hybridized carbons (Fsp3) is 0.0870. The third-order valence-electron chi connectivity index (χ3n) is 5.13. The van der Waals surface area contributed by atoms with Crippen molar-refractivity contribution in [3.05, 3.63) is 82.9 Å². The molecule has 0 saturated carbocycles. The van der Waals surface area contributed by atoms with Crippen molar-refractivity contribution in [3.63, 3.8) is 0 Å². The molecule has 0 aliphatic heterocycles. The van der Waals surface area contributed by atoms with Crippen molar-refractivity contribution in [2.45, 2.75) is 6.92 Å². The van der Waals surface area contributed by atoms with Crippen molar-refractivity contribution in [1.29, 1.82) is 0 Å². The first-order valence-corrected chi connectivity index (χ1v) is 10.5. The van der Waals surface area contributed by atoms with Gasteiger partial charge in [-0.15, -0.1) is 11.3 Å². The first kappa shape index (κ1) is 19.2. The lowest BCUT2D eigenvalue weighted by atomic mass is 10.0. The number of nitrogens with one attached hydrogen (secondary N) is 2. The Hall–Kier alpha value is -3.78. The fourth-order valence-electron chi connectivity index (χ4n) is 3.68. The van der Waals surface area contributed by atoms with Crippen LogP contribution in [0.25, 0.3) is 39.1 Å². The summed E-state index contributed by atoms with van der Waals surface area (Å²) in [6.07, 6.45) is 9.12. The minimum Gasteiger partial charge on any atom is -0.357 e. The van der Waals surface area contributed by atoms with Crippen molar-refractivity contribution in [1.82, 2.24) is 29.9 Å². The Balaban J connectivity index is 1.61. The Labute approximate surface area is 181 Å². The molecule has 0 aliphatic carbocycles. The molecule has 0 atom stereocenters. The maximum atomic E-state index is 13.7. The highest BCUT2D eigenvalue weighted by Crippen LogP contribution is 2.35. The monoisotopic (exact) mass is 430 g/mol. The van der Waals surface area contributed by atoms with E-state index >= 15 is 0 Å². The number of H-pyrrole nitrogens is 2. The van der Waals surface area contributed by atoms with Crippen LogP contribution in [-0.2, 0) is 7.05 Å². The molecule has 0 spiro atoms. The Bertz CT molecular complexity index is 1450. The van der Waals surface area contributed by atoms with Gasteiger partial charge in [-0.3, -0.25) is 14.8 Å². The van der Waals surface area contributed by atoms with E-state index in [1.54, 1.807) is 29.2 Å². The van der Waals surface area contributed by atoms with E-state index in [0.29, 0.717) is 0 Å². The number of halogens is 1. The van der Waals surface area contributed by atoms with E-state index in [4.69, 9.17) is 0 Å². The van der Waals surface area contributed by atoms with Crippen LogP contribution >= 0.6 is 11.3 Å². The van der Waals surface area contributed by atoms with Gasteiger partial charge in [-0.05, 0) is 31.2 Å². The molecule has 0 amide bonds. The smallest absolute Gasteiger partial charge is 0.176 e. The van der Waals surface area contributed by atoms with Gasteiger partial charge >= 0.3 is 0 Å². The van der Waals surface area contributed by atoms with Crippen molar-refractivity contribution in [3.8, 4) is 22.6 Å². The number of hydrogen-bond donors (Lipinski definition) is 2. The number of pyridine rings is 1. The molecule has 0 radical (unpaired) electrons. The Morgan fingerprint density at radius 1 is 1.26 bits per heavy atom. The zero-order valence-electron chi connectivity index (χ0n) is 17.0. The average molecular weight is 431 g/mol. The molecule has 0 unspecified atom stereocenters. The van der Waals surface area contributed by atoms with Gasteiger partial charge < -0.3 is 4.98 Å². The minimum absolute atomic E-state index is 0.216. The molecule has 5 heterocycles. The summed E-state index contributed by atoms with van der Waals surface area (Å²) in [5, 5.41) is 12.6. The number of allylic oxidation sites excluding steroid dienone is 2. The number of aromatic amines is 2. The molecule has 5 aromatic heterocycles. The lowest BCUT2D eigenvalue weighted by Gasteiger charge is -2.03. The van der Waals surface area contributed by atoms with Gasteiger partial charge in [-0.1, -0.05) is 18.7 Å². The standard InChI is InChI=1S/C23H19FN6S/c1-4-5-15(21-6-7-22(24)31-21)16-8-19(27-13(16)2)23-17-9-18(14-10-26-30(3)12-14)25-11-20(17)28-29-23/h4-12,27H,1H2,2-3H3,(H,28,29)/b15-5+. The van der Waals surface area contributed by atoms with E-state index in [1.807, 2.05) is 38.4 Å². The van der Waals surface area contributed by atoms with E-state index in [2.05, 4.69) is 31.8 Å². The molecule has 0 aliphatic rings. The number of thiophene rings is 1. The third kappa shape index (κ3) is 3.40. The number of hydrogen-bond acceptors (Lipinski definition) is 4. The van der Waals surface area contributed by atoms with E-state index in [-0.39, 0.29) is 5.13 Å². The van der Waals surface area contributed by atoms with E-state index in [0.717, 1.165) is 66.6 Å². The summed E-state index contributed by atoms with van der Waals surface area (Å²) in [5.41, 5.74) is 7.15. The summed E-state index contributed by atoms with van der Waals surface area (Å²) in [5.74, 6) is 0. The molecule has 0 bridgehead atoms. The normalized spacial score (nSPS) is 12.0. The number of fused-ring (bicyclic) bond motifs is 1. The summed E-state index contributed by atoms with van der Waals surface area (Å²) < 4.78 is 15.4. The molecule has 0 saturated heterocycles. The average Bonchev–Trinajstić information content (AvgIpc) is 3.53. The van der Waals surface area contributed by atoms with Gasteiger partial charge in [0.2, 0.25) is 0 Å². The number of aromatic nitrogens is 6. The quantitative estimate of drug-likeness (QED) is 0.363. The molecule has 2 N–H and O–H groups in total. The van der Waals surface area contributed by atoms with Crippen molar-refractivity contribution >= 4 is 27.8 Å². The van der Waals surface area contributed by atoms with Gasteiger partial charge in [-0.2, -0.15) is 14.6 Å². The molecule has 6 nitrogen and oxygen atoms in total. The van der Waals surface area contributed by atoms with E-state index in [9.17, 15) is 4.39 Å². The largest absolute Gasteiger partial charge is 0.357 e. The summed E-state index contributed by atoms with van der Waals surface area (Å²) in [6.45, 7) is 5.82. The molecule has 154 valence electrons. The molecule has 5 aromatic rings. The van der Waals surface area contributed by atoms with Crippen molar-refractivity contribution in [2.24, 2.45) is 7.05 Å². The summed E-state index contributed by atoms with van der Waals surface area (Å²) in [4.78, 5) is 8.81.